The van der Waals surface area contributed by atoms with E-state index in [0.717, 1.165) is 36.8 Å². The van der Waals surface area contributed by atoms with Crippen molar-refractivity contribution in [2.75, 3.05) is 0 Å². The van der Waals surface area contributed by atoms with Crippen LogP contribution < -0.4 is 0 Å². The normalized spacial score (nSPS) is 42.7. The van der Waals surface area contributed by atoms with Gasteiger partial charge < -0.3 is 9.84 Å². The van der Waals surface area contributed by atoms with E-state index in [4.69, 9.17) is 9.84 Å². The number of rotatable bonds is 5. The van der Waals surface area contributed by atoms with Gasteiger partial charge in [-0.1, -0.05) is 13.8 Å². The van der Waals surface area contributed by atoms with E-state index < -0.39 is 17.5 Å². The summed E-state index contributed by atoms with van der Waals surface area (Å²) in [6, 6.07) is 0. The molecule has 0 aromatic heterocycles. The van der Waals surface area contributed by atoms with E-state index >= 15 is 0 Å². The first-order valence-electron chi connectivity index (χ1n) is 8.58. The van der Waals surface area contributed by atoms with E-state index in [-0.39, 0.29) is 5.41 Å². The predicted octanol–water partition coefficient (Wildman–Crippen LogP) is 3.56. The number of ether oxygens (including phenoxy) is 1. The second-order valence-corrected chi connectivity index (χ2v) is 7.51. The van der Waals surface area contributed by atoms with Crippen LogP contribution in [0.2, 0.25) is 0 Å². The molecule has 0 aromatic rings. The average Bonchev–Trinajstić information content (AvgIpc) is 2.48. The molecule has 4 rings (SSSR count). The number of aliphatic carboxylic acids is 1. The van der Waals surface area contributed by atoms with Crippen molar-refractivity contribution < 1.29 is 19.4 Å². The lowest BCUT2D eigenvalue weighted by molar-refractivity contribution is -0.246. The summed E-state index contributed by atoms with van der Waals surface area (Å²) in [4.78, 5) is 22.8. The van der Waals surface area contributed by atoms with E-state index in [1.165, 1.54) is 32.1 Å². The number of esters is 1. The first kappa shape index (κ1) is 15.6. The van der Waals surface area contributed by atoms with E-state index in [1.807, 2.05) is 0 Å². The molecular weight excluding hydrogens is 280 g/mol. The molecule has 0 amide bonds. The van der Waals surface area contributed by atoms with Crippen molar-refractivity contribution in [3.63, 3.8) is 0 Å². The van der Waals surface area contributed by atoms with Gasteiger partial charge in [-0.3, -0.25) is 0 Å². The summed E-state index contributed by atoms with van der Waals surface area (Å²) in [5.41, 5.74) is -0.293. The summed E-state index contributed by atoms with van der Waals surface area (Å²) in [7, 11) is 0. The van der Waals surface area contributed by atoms with Crippen molar-refractivity contribution >= 4 is 11.9 Å². The fourth-order valence-corrected chi connectivity index (χ4v) is 6.11. The van der Waals surface area contributed by atoms with Crippen molar-refractivity contribution in [1.29, 1.82) is 0 Å². The Hall–Kier alpha value is -1.32. The van der Waals surface area contributed by atoms with E-state index in [0.29, 0.717) is 5.92 Å². The molecule has 4 fully saturated rings. The zero-order chi connectivity index (χ0) is 16.0. The van der Waals surface area contributed by atoms with Gasteiger partial charge in [0.05, 0.1) is 0 Å². The highest BCUT2D eigenvalue weighted by Gasteiger charge is 2.65. The fraction of sp³-hybridized carbons (Fsp3) is 0.778. The van der Waals surface area contributed by atoms with Gasteiger partial charge in [0.25, 0.3) is 0 Å². The van der Waals surface area contributed by atoms with Gasteiger partial charge in [-0.15, -0.1) is 0 Å². The number of carbonyl (C=O) groups is 2. The number of carboxylic acid groups (broad SMARTS) is 1. The molecule has 0 aliphatic heterocycles. The van der Waals surface area contributed by atoms with Crippen LogP contribution in [0.5, 0.6) is 0 Å². The van der Waals surface area contributed by atoms with E-state index in [2.05, 4.69) is 13.8 Å². The molecule has 22 heavy (non-hydrogen) atoms. The maximum Gasteiger partial charge on any atom is 0.331 e. The summed E-state index contributed by atoms with van der Waals surface area (Å²) >= 11 is 0. The second kappa shape index (κ2) is 5.39. The Labute approximate surface area is 131 Å². The molecule has 3 atom stereocenters. The summed E-state index contributed by atoms with van der Waals surface area (Å²) in [5.74, 6) is 0.434. The largest absolute Gasteiger partial charge is 0.478 e. The number of hydrogen-bond acceptors (Lipinski definition) is 3. The standard InChI is InChI=1S/C18H26O4/c1-3-17-10-12-7-13(11-17)9-14(8-12)18(17,4-2)22-16(21)6-5-15(19)20/h5-6,12-14H,3-4,7-11H2,1-2H3,(H,19,20). The Balaban J connectivity index is 1.90. The molecule has 1 N–H and O–H groups in total. The highest BCUT2D eigenvalue weighted by molar-refractivity contribution is 5.91. The van der Waals surface area contributed by atoms with Gasteiger partial charge >= 0.3 is 11.9 Å². The maximum atomic E-state index is 12.2. The molecule has 4 nitrogen and oxygen atoms in total. The second-order valence-electron chi connectivity index (χ2n) is 7.51. The van der Waals surface area contributed by atoms with Crippen LogP contribution >= 0.6 is 0 Å². The van der Waals surface area contributed by atoms with E-state index in [9.17, 15) is 9.59 Å². The molecule has 0 spiro atoms. The number of carboxylic acids is 1. The van der Waals surface area contributed by atoms with Gasteiger partial charge in [0, 0.05) is 17.6 Å². The van der Waals surface area contributed by atoms with Crippen LogP contribution in [-0.4, -0.2) is 22.6 Å². The van der Waals surface area contributed by atoms with Crippen molar-refractivity contribution in [3.8, 4) is 0 Å². The van der Waals surface area contributed by atoms with Crippen LogP contribution in [-0.2, 0) is 14.3 Å². The van der Waals surface area contributed by atoms with Crippen LogP contribution in [0.4, 0.5) is 0 Å². The molecule has 0 saturated heterocycles. The molecule has 4 heteroatoms. The highest BCUT2D eigenvalue weighted by Crippen LogP contribution is 2.68. The first-order valence-corrected chi connectivity index (χ1v) is 8.58. The van der Waals surface area contributed by atoms with Crippen LogP contribution in [0.15, 0.2) is 12.2 Å². The summed E-state index contributed by atoms with van der Waals surface area (Å²) in [5, 5.41) is 8.69. The molecule has 3 unspecified atom stereocenters. The van der Waals surface area contributed by atoms with Crippen LogP contribution in [0.1, 0.15) is 58.8 Å². The minimum absolute atomic E-state index is 0.100. The van der Waals surface area contributed by atoms with Gasteiger partial charge in [0.15, 0.2) is 0 Å². The van der Waals surface area contributed by atoms with Gasteiger partial charge in [0.1, 0.15) is 5.60 Å². The zero-order valence-corrected chi connectivity index (χ0v) is 13.5. The monoisotopic (exact) mass is 306 g/mol. The number of hydrogen-bond donors (Lipinski definition) is 1. The average molecular weight is 306 g/mol. The predicted molar refractivity (Wildman–Crippen MR) is 82.2 cm³/mol. The SMILES string of the molecule is CCC12CC3CC(CC(C3)C1(CC)OC(=O)C=CC(=O)O)C2. The summed E-state index contributed by atoms with van der Waals surface area (Å²) in [6.07, 6.45) is 9.84. The third-order valence-corrected chi connectivity index (χ3v) is 6.67. The minimum atomic E-state index is -1.11. The lowest BCUT2D eigenvalue weighted by Gasteiger charge is -2.66. The van der Waals surface area contributed by atoms with Gasteiger partial charge in [0.2, 0.25) is 0 Å². The molecule has 0 heterocycles. The molecular formula is C18H26O4. The third kappa shape index (κ3) is 2.19. The van der Waals surface area contributed by atoms with Gasteiger partial charge in [-0.05, 0) is 62.7 Å². The van der Waals surface area contributed by atoms with Crippen LogP contribution in [0.25, 0.3) is 0 Å². The van der Waals surface area contributed by atoms with Crippen LogP contribution in [0.3, 0.4) is 0 Å². The Bertz CT molecular complexity index is 495. The highest BCUT2D eigenvalue weighted by atomic mass is 16.6. The molecule has 4 saturated carbocycles. The molecule has 0 aromatic carbocycles. The molecule has 4 bridgehead atoms. The zero-order valence-electron chi connectivity index (χ0n) is 13.5. The Kier molecular flexibility index (Phi) is 3.82. The molecule has 122 valence electrons. The van der Waals surface area contributed by atoms with Crippen molar-refractivity contribution in [2.45, 2.75) is 64.4 Å². The van der Waals surface area contributed by atoms with E-state index in [1.54, 1.807) is 0 Å². The first-order chi connectivity index (χ1) is 10.4. The Morgan fingerprint density at radius 1 is 1.09 bits per heavy atom. The Morgan fingerprint density at radius 3 is 2.23 bits per heavy atom. The quantitative estimate of drug-likeness (QED) is 0.623. The third-order valence-electron chi connectivity index (χ3n) is 6.67. The lowest BCUT2D eigenvalue weighted by atomic mass is 9.42. The minimum Gasteiger partial charge on any atom is -0.478 e. The smallest absolute Gasteiger partial charge is 0.331 e. The van der Waals surface area contributed by atoms with Gasteiger partial charge in [-0.2, -0.15) is 0 Å². The number of carbonyl (C=O) groups excluding carboxylic acids is 1. The molecule has 4 aliphatic carbocycles. The summed E-state index contributed by atoms with van der Waals surface area (Å²) < 4.78 is 6.02. The fourth-order valence-electron chi connectivity index (χ4n) is 6.11. The van der Waals surface area contributed by atoms with Gasteiger partial charge in [-0.25, -0.2) is 9.59 Å². The van der Waals surface area contributed by atoms with Crippen LogP contribution in [0, 0.1) is 23.2 Å². The van der Waals surface area contributed by atoms with Crippen molar-refractivity contribution in [1.82, 2.24) is 0 Å². The van der Waals surface area contributed by atoms with Crippen molar-refractivity contribution in [2.24, 2.45) is 23.2 Å². The topological polar surface area (TPSA) is 63.6 Å². The maximum absolute atomic E-state index is 12.2. The lowest BCUT2D eigenvalue weighted by Crippen LogP contribution is -2.65. The molecule has 0 radical (unpaired) electrons. The summed E-state index contributed by atoms with van der Waals surface area (Å²) in [6.45, 7) is 4.34. The van der Waals surface area contributed by atoms with Crippen molar-refractivity contribution in [3.05, 3.63) is 12.2 Å². The Morgan fingerprint density at radius 2 is 1.73 bits per heavy atom. The molecule has 4 aliphatic rings.